The van der Waals surface area contributed by atoms with E-state index in [1.165, 1.54) is 16.9 Å². The van der Waals surface area contributed by atoms with E-state index in [-0.39, 0.29) is 0 Å². The molecule has 1 aromatic carbocycles. The highest BCUT2D eigenvalue weighted by atomic mass is 32.1. The lowest BCUT2D eigenvalue weighted by Crippen LogP contribution is -2.46. The van der Waals surface area contributed by atoms with Crippen molar-refractivity contribution in [1.82, 2.24) is 20.3 Å². The number of hydrogen-bond donors (Lipinski definition) is 1. The Kier molecular flexibility index (Phi) is 4.99. The van der Waals surface area contributed by atoms with Gasteiger partial charge in [-0.2, -0.15) is 0 Å². The highest BCUT2D eigenvalue weighted by Gasteiger charge is 2.21. The largest absolute Gasteiger partial charge is 0.339 e. The standard InChI is InChI=1S/C19H21N5S/c1-2-6-15(7-3-1)18-23-13-17(25-18)12-22-16-8-4-11-24(14-16)19-20-9-5-10-21-19/h1-3,5-7,9-10,13,16,22H,4,8,11-12,14H2. The van der Waals surface area contributed by atoms with E-state index >= 15 is 0 Å². The van der Waals surface area contributed by atoms with E-state index in [9.17, 15) is 0 Å². The van der Waals surface area contributed by atoms with Gasteiger partial charge in [0.25, 0.3) is 0 Å². The Morgan fingerprint density at radius 1 is 1.08 bits per heavy atom. The van der Waals surface area contributed by atoms with Crippen LogP contribution in [0.25, 0.3) is 10.6 Å². The predicted octanol–water partition coefficient (Wildman–Crippen LogP) is 3.36. The summed E-state index contributed by atoms with van der Waals surface area (Å²) in [5.41, 5.74) is 1.18. The Hall–Kier alpha value is -2.31. The molecule has 1 saturated heterocycles. The molecule has 0 saturated carbocycles. The second-order valence-corrected chi connectivity index (χ2v) is 7.33. The van der Waals surface area contributed by atoms with Crippen LogP contribution in [0, 0.1) is 0 Å². The SMILES string of the molecule is c1ccc(-c2ncc(CNC3CCCN(c4ncccn4)C3)s2)cc1. The summed E-state index contributed by atoms with van der Waals surface area (Å²) in [7, 11) is 0. The number of anilines is 1. The highest BCUT2D eigenvalue weighted by molar-refractivity contribution is 7.15. The molecule has 1 unspecified atom stereocenters. The Morgan fingerprint density at radius 2 is 1.92 bits per heavy atom. The normalized spacial score (nSPS) is 17.6. The average Bonchev–Trinajstić information content (AvgIpc) is 3.17. The first-order chi connectivity index (χ1) is 12.4. The summed E-state index contributed by atoms with van der Waals surface area (Å²) in [5.74, 6) is 0.832. The van der Waals surface area contributed by atoms with Crippen LogP contribution in [0.4, 0.5) is 5.95 Å². The van der Waals surface area contributed by atoms with E-state index in [0.29, 0.717) is 6.04 Å². The third kappa shape index (κ3) is 4.03. The number of nitrogens with one attached hydrogen (secondary N) is 1. The molecule has 3 aromatic rings. The molecule has 0 amide bonds. The van der Waals surface area contributed by atoms with Gasteiger partial charge in [-0.05, 0) is 18.9 Å². The molecule has 5 nitrogen and oxygen atoms in total. The van der Waals surface area contributed by atoms with Crippen molar-refractivity contribution in [3.63, 3.8) is 0 Å². The van der Waals surface area contributed by atoms with Crippen LogP contribution < -0.4 is 10.2 Å². The first-order valence-corrected chi connectivity index (χ1v) is 9.45. The van der Waals surface area contributed by atoms with Crippen LogP contribution in [0.3, 0.4) is 0 Å². The monoisotopic (exact) mass is 351 g/mol. The minimum atomic E-state index is 0.458. The fourth-order valence-corrected chi connectivity index (χ4v) is 4.00. The highest BCUT2D eigenvalue weighted by Crippen LogP contribution is 2.25. The summed E-state index contributed by atoms with van der Waals surface area (Å²) in [5, 5.41) is 4.76. The van der Waals surface area contributed by atoms with Crippen LogP contribution >= 0.6 is 11.3 Å². The fraction of sp³-hybridized carbons (Fsp3) is 0.316. The number of hydrogen-bond acceptors (Lipinski definition) is 6. The van der Waals surface area contributed by atoms with Gasteiger partial charge in [-0.3, -0.25) is 0 Å². The summed E-state index contributed by atoms with van der Waals surface area (Å²) < 4.78 is 0. The molecule has 1 N–H and O–H groups in total. The van der Waals surface area contributed by atoms with Crippen molar-refractivity contribution in [3.05, 3.63) is 59.9 Å². The second-order valence-electron chi connectivity index (χ2n) is 6.21. The molecule has 128 valence electrons. The Morgan fingerprint density at radius 3 is 2.76 bits per heavy atom. The lowest BCUT2D eigenvalue weighted by Gasteiger charge is -2.33. The van der Waals surface area contributed by atoms with Crippen molar-refractivity contribution < 1.29 is 0 Å². The van der Waals surface area contributed by atoms with Gasteiger partial charge in [0, 0.05) is 54.7 Å². The van der Waals surface area contributed by atoms with Crippen molar-refractivity contribution in [3.8, 4) is 10.6 Å². The third-order valence-electron chi connectivity index (χ3n) is 4.40. The Balaban J connectivity index is 1.35. The van der Waals surface area contributed by atoms with Gasteiger partial charge in [-0.1, -0.05) is 30.3 Å². The molecule has 1 atom stereocenters. The molecule has 0 spiro atoms. The van der Waals surface area contributed by atoms with E-state index in [1.54, 1.807) is 11.3 Å². The van der Waals surface area contributed by atoms with Gasteiger partial charge < -0.3 is 10.2 Å². The van der Waals surface area contributed by atoms with E-state index in [2.05, 4.69) is 49.4 Å². The number of piperidine rings is 1. The zero-order valence-corrected chi connectivity index (χ0v) is 14.8. The molecular weight excluding hydrogens is 330 g/mol. The summed E-state index contributed by atoms with van der Waals surface area (Å²) in [6.07, 6.45) is 7.95. The molecular formula is C19H21N5S. The third-order valence-corrected chi connectivity index (χ3v) is 5.44. The maximum Gasteiger partial charge on any atom is 0.225 e. The average molecular weight is 351 g/mol. The van der Waals surface area contributed by atoms with Crippen molar-refractivity contribution in [1.29, 1.82) is 0 Å². The van der Waals surface area contributed by atoms with E-state index in [4.69, 9.17) is 0 Å². The van der Waals surface area contributed by atoms with Gasteiger partial charge in [0.1, 0.15) is 5.01 Å². The van der Waals surface area contributed by atoms with Gasteiger partial charge in [-0.25, -0.2) is 15.0 Å². The lowest BCUT2D eigenvalue weighted by atomic mass is 10.1. The Labute approximate surface area is 151 Å². The fourth-order valence-electron chi connectivity index (χ4n) is 3.13. The summed E-state index contributed by atoms with van der Waals surface area (Å²) in [4.78, 5) is 16.8. The zero-order chi connectivity index (χ0) is 16.9. The van der Waals surface area contributed by atoms with E-state index in [1.807, 2.05) is 30.7 Å². The van der Waals surface area contributed by atoms with Crippen LogP contribution in [-0.2, 0) is 6.54 Å². The van der Waals surface area contributed by atoms with Gasteiger partial charge in [0.2, 0.25) is 5.95 Å². The molecule has 2 aromatic heterocycles. The quantitative estimate of drug-likeness (QED) is 0.764. The minimum absolute atomic E-state index is 0.458. The number of aromatic nitrogens is 3. The van der Waals surface area contributed by atoms with Gasteiger partial charge >= 0.3 is 0 Å². The van der Waals surface area contributed by atoms with Gasteiger partial charge in [0.05, 0.1) is 0 Å². The number of nitrogens with zero attached hydrogens (tertiary/aromatic N) is 4. The van der Waals surface area contributed by atoms with Crippen LogP contribution in [0.15, 0.2) is 55.0 Å². The van der Waals surface area contributed by atoms with Crippen molar-refractivity contribution in [2.24, 2.45) is 0 Å². The molecule has 0 bridgehead atoms. The molecule has 0 radical (unpaired) electrons. The molecule has 1 fully saturated rings. The smallest absolute Gasteiger partial charge is 0.225 e. The van der Waals surface area contributed by atoms with Crippen molar-refractivity contribution >= 4 is 17.3 Å². The molecule has 25 heavy (non-hydrogen) atoms. The van der Waals surface area contributed by atoms with Crippen LogP contribution in [0.2, 0.25) is 0 Å². The van der Waals surface area contributed by atoms with E-state index in [0.717, 1.165) is 37.0 Å². The maximum absolute atomic E-state index is 4.56. The van der Waals surface area contributed by atoms with Crippen molar-refractivity contribution in [2.45, 2.75) is 25.4 Å². The van der Waals surface area contributed by atoms with E-state index < -0.39 is 0 Å². The lowest BCUT2D eigenvalue weighted by molar-refractivity contribution is 0.419. The summed E-state index contributed by atoms with van der Waals surface area (Å²) in [6.45, 7) is 2.84. The number of benzene rings is 1. The zero-order valence-electron chi connectivity index (χ0n) is 14.0. The predicted molar refractivity (Wildman–Crippen MR) is 102 cm³/mol. The van der Waals surface area contributed by atoms with Crippen LogP contribution in [-0.4, -0.2) is 34.1 Å². The number of rotatable bonds is 5. The minimum Gasteiger partial charge on any atom is -0.339 e. The second kappa shape index (κ2) is 7.72. The Bertz CT molecular complexity index is 790. The summed E-state index contributed by atoms with van der Waals surface area (Å²) in [6, 6.07) is 12.7. The molecule has 0 aliphatic carbocycles. The molecule has 1 aliphatic heterocycles. The van der Waals surface area contributed by atoms with Crippen LogP contribution in [0.1, 0.15) is 17.7 Å². The molecule has 6 heteroatoms. The molecule has 1 aliphatic rings. The molecule has 4 rings (SSSR count). The summed E-state index contributed by atoms with van der Waals surface area (Å²) >= 11 is 1.76. The van der Waals surface area contributed by atoms with Crippen molar-refractivity contribution in [2.75, 3.05) is 18.0 Å². The number of thiazole rings is 1. The first-order valence-electron chi connectivity index (χ1n) is 8.64. The van der Waals surface area contributed by atoms with Crippen LogP contribution in [0.5, 0.6) is 0 Å². The molecule has 3 heterocycles. The van der Waals surface area contributed by atoms with Gasteiger partial charge in [-0.15, -0.1) is 11.3 Å². The first kappa shape index (κ1) is 16.2. The topological polar surface area (TPSA) is 53.9 Å². The maximum atomic E-state index is 4.56. The van der Waals surface area contributed by atoms with Gasteiger partial charge in [0.15, 0.2) is 0 Å².